The lowest BCUT2D eigenvalue weighted by Crippen LogP contribution is -2.53. The highest BCUT2D eigenvalue weighted by Crippen LogP contribution is 2.39. The van der Waals surface area contributed by atoms with Gasteiger partial charge in [-0.1, -0.05) is 19.1 Å². The summed E-state index contributed by atoms with van der Waals surface area (Å²) in [7, 11) is 0. The number of nitrogens with two attached hydrogens (primary N) is 1. The maximum atomic E-state index is 5.80. The quantitative estimate of drug-likeness (QED) is 0.816. The fourth-order valence-electron chi connectivity index (χ4n) is 2.21. The summed E-state index contributed by atoms with van der Waals surface area (Å²) in [5.74, 6) is 0.473. The molecule has 2 rings (SSSR count). The van der Waals surface area contributed by atoms with Crippen LogP contribution in [-0.2, 0) is 10.2 Å². The number of rotatable bonds is 4. The van der Waals surface area contributed by atoms with Crippen molar-refractivity contribution < 1.29 is 4.74 Å². The van der Waals surface area contributed by atoms with Crippen LogP contribution in [0.5, 0.6) is 0 Å². The van der Waals surface area contributed by atoms with Gasteiger partial charge in [0, 0.05) is 10.3 Å². The Labute approximate surface area is 102 Å². The van der Waals surface area contributed by atoms with Crippen LogP contribution in [0.1, 0.15) is 12.5 Å². The second-order valence-corrected chi connectivity index (χ2v) is 5.39. The smallest absolute Gasteiger partial charge is 0.0588 e. The van der Waals surface area contributed by atoms with Gasteiger partial charge in [0.15, 0.2) is 0 Å². The average Bonchev–Trinajstić information content (AvgIpc) is 2.28. The van der Waals surface area contributed by atoms with Gasteiger partial charge in [0.25, 0.3) is 0 Å². The van der Waals surface area contributed by atoms with Crippen LogP contribution in [0.3, 0.4) is 0 Å². The molecule has 0 aliphatic carbocycles. The largest absolute Gasteiger partial charge is 0.379 e. The van der Waals surface area contributed by atoms with E-state index in [0.717, 1.165) is 13.2 Å². The maximum absolute atomic E-state index is 5.80. The topological polar surface area (TPSA) is 35.2 Å². The molecular weight excluding hydrogens is 218 g/mol. The molecule has 0 radical (unpaired) electrons. The van der Waals surface area contributed by atoms with Crippen molar-refractivity contribution in [3.63, 3.8) is 0 Å². The number of ether oxygens (including phenoxy) is 1. The Hall–Kier alpha value is -0.510. The summed E-state index contributed by atoms with van der Waals surface area (Å²) in [6.07, 6.45) is 2.10. The molecule has 3 heteroatoms. The summed E-state index contributed by atoms with van der Waals surface area (Å²) < 4.78 is 5.41. The Morgan fingerprint density at radius 2 is 2.00 bits per heavy atom. The second kappa shape index (κ2) is 4.78. The molecule has 1 heterocycles. The van der Waals surface area contributed by atoms with E-state index in [9.17, 15) is 0 Å². The van der Waals surface area contributed by atoms with E-state index in [0.29, 0.717) is 12.5 Å². The van der Waals surface area contributed by atoms with Crippen LogP contribution >= 0.6 is 11.8 Å². The van der Waals surface area contributed by atoms with Crippen LogP contribution in [0.25, 0.3) is 0 Å². The van der Waals surface area contributed by atoms with E-state index in [1.54, 1.807) is 11.8 Å². The van der Waals surface area contributed by atoms with Crippen LogP contribution in [0.15, 0.2) is 29.2 Å². The number of hydrogen-bond donors (Lipinski definition) is 1. The van der Waals surface area contributed by atoms with E-state index >= 15 is 0 Å². The molecule has 0 saturated carbocycles. The van der Waals surface area contributed by atoms with E-state index in [2.05, 4.69) is 37.4 Å². The molecule has 1 fully saturated rings. The summed E-state index contributed by atoms with van der Waals surface area (Å²) in [6, 6.07) is 8.81. The van der Waals surface area contributed by atoms with Crippen molar-refractivity contribution >= 4 is 11.8 Å². The second-order valence-electron chi connectivity index (χ2n) is 4.51. The fourth-order valence-corrected chi connectivity index (χ4v) is 2.61. The molecule has 2 N–H and O–H groups in total. The predicted octanol–water partition coefficient (Wildman–Crippen LogP) is 2.27. The van der Waals surface area contributed by atoms with Crippen molar-refractivity contribution in [3.8, 4) is 0 Å². The highest BCUT2D eigenvalue weighted by atomic mass is 32.2. The van der Waals surface area contributed by atoms with Gasteiger partial charge in [0.05, 0.1) is 13.2 Å². The molecule has 1 aliphatic heterocycles. The van der Waals surface area contributed by atoms with Crippen molar-refractivity contribution in [1.82, 2.24) is 0 Å². The predicted molar refractivity (Wildman–Crippen MR) is 68.9 cm³/mol. The Bertz CT molecular complexity index is 345. The molecule has 1 aromatic carbocycles. The average molecular weight is 237 g/mol. The molecule has 16 heavy (non-hydrogen) atoms. The first-order valence-electron chi connectivity index (χ1n) is 5.65. The zero-order valence-corrected chi connectivity index (χ0v) is 10.7. The van der Waals surface area contributed by atoms with Crippen LogP contribution in [-0.4, -0.2) is 26.0 Å². The highest BCUT2D eigenvalue weighted by Gasteiger charge is 2.44. The third kappa shape index (κ3) is 1.88. The minimum absolute atomic E-state index is 0.158. The van der Waals surface area contributed by atoms with E-state index in [1.807, 2.05) is 0 Å². The first-order chi connectivity index (χ1) is 7.73. The van der Waals surface area contributed by atoms with Gasteiger partial charge in [-0.25, -0.2) is 0 Å². The summed E-state index contributed by atoms with van der Waals surface area (Å²) in [5.41, 5.74) is 7.33. The van der Waals surface area contributed by atoms with Gasteiger partial charge in [-0.05, 0) is 36.4 Å². The Kier molecular flexibility index (Phi) is 3.57. The molecule has 1 aliphatic rings. The van der Waals surface area contributed by atoms with Gasteiger partial charge in [0.2, 0.25) is 0 Å². The normalized spacial score (nSPS) is 20.2. The molecule has 0 amide bonds. The van der Waals surface area contributed by atoms with Gasteiger partial charge >= 0.3 is 0 Å². The Morgan fingerprint density at radius 3 is 2.38 bits per heavy atom. The first-order valence-corrected chi connectivity index (χ1v) is 6.88. The van der Waals surface area contributed by atoms with Gasteiger partial charge in [-0.15, -0.1) is 11.8 Å². The van der Waals surface area contributed by atoms with Crippen molar-refractivity contribution in [3.05, 3.63) is 29.8 Å². The number of thioether (sulfide) groups is 1. The molecule has 1 atom stereocenters. The highest BCUT2D eigenvalue weighted by molar-refractivity contribution is 7.98. The van der Waals surface area contributed by atoms with Crippen LogP contribution in [0.4, 0.5) is 0 Å². The van der Waals surface area contributed by atoms with Crippen molar-refractivity contribution in [1.29, 1.82) is 0 Å². The zero-order valence-electron chi connectivity index (χ0n) is 9.90. The van der Waals surface area contributed by atoms with Crippen molar-refractivity contribution in [2.24, 2.45) is 11.7 Å². The van der Waals surface area contributed by atoms with Crippen LogP contribution < -0.4 is 5.73 Å². The summed E-state index contributed by atoms with van der Waals surface area (Å²) in [5, 5.41) is 0. The third-order valence-corrected chi connectivity index (χ3v) is 4.42. The van der Waals surface area contributed by atoms with Gasteiger partial charge in [-0.2, -0.15) is 0 Å². The summed E-state index contributed by atoms with van der Waals surface area (Å²) in [6.45, 7) is 4.55. The Morgan fingerprint density at radius 1 is 1.38 bits per heavy atom. The lowest BCUT2D eigenvalue weighted by atomic mass is 9.69. The van der Waals surface area contributed by atoms with E-state index in [1.165, 1.54) is 10.5 Å². The van der Waals surface area contributed by atoms with E-state index in [4.69, 9.17) is 10.5 Å². The lowest BCUT2D eigenvalue weighted by molar-refractivity contribution is -0.0854. The molecule has 2 nitrogen and oxygen atoms in total. The monoisotopic (exact) mass is 237 g/mol. The summed E-state index contributed by atoms with van der Waals surface area (Å²) in [4.78, 5) is 1.31. The van der Waals surface area contributed by atoms with E-state index < -0.39 is 0 Å². The molecule has 88 valence electrons. The fraction of sp³-hybridized carbons (Fsp3) is 0.538. The van der Waals surface area contributed by atoms with E-state index in [-0.39, 0.29) is 5.41 Å². The first kappa shape index (κ1) is 12.0. The lowest BCUT2D eigenvalue weighted by Gasteiger charge is -2.46. The minimum Gasteiger partial charge on any atom is -0.379 e. The van der Waals surface area contributed by atoms with Crippen LogP contribution in [0, 0.1) is 5.92 Å². The summed E-state index contributed by atoms with van der Waals surface area (Å²) >= 11 is 1.77. The van der Waals surface area contributed by atoms with Crippen LogP contribution in [0.2, 0.25) is 0 Å². The van der Waals surface area contributed by atoms with Crippen molar-refractivity contribution in [2.45, 2.75) is 17.2 Å². The number of benzene rings is 1. The van der Waals surface area contributed by atoms with Gasteiger partial charge in [-0.3, -0.25) is 0 Å². The standard InChI is InChI=1S/C13H19NOS/c1-10(7-14)13(8-15-9-13)11-3-5-12(16-2)6-4-11/h3-6,10H,7-9,14H2,1-2H3. The zero-order chi connectivity index (χ0) is 11.6. The Balaban J connectivity index is 2.26. The van der Waals surface area contributed by atoms with Crippen molar-refractivity contribution in [2.75, 3.05) is 26.0 Å². The molecular formula is C13H19NOS. The maximum Gasteiger partial charge on any atom is 0.0588 e. The molecule has 0 aromatic heterocycles. The molecule has 0 bridgehead atoms. The third-order valence-electron chi connectivity index (χ3n) is 3.68. The van der Waals surface area contributed by atoms with Gasteiger partial charge in [0.1, 0.15) is 0 Å². The molecule has 1 aromatic rings. The minimum atomic E-state index is 0.158. The molecule has 0 spiro atoms. The number of hydrogen-bond acceptors (Lipinski definition) is 3. The molecule has 1 unspecified atom stereocenters. The SMILES string of the molecule is CSc1ccc(C2(C(C)CN)COC2)cc1. The molecule has 1 saturated heterocycles. The van der Waals surface area contributed by atoms with Gasteiger partial charge < -0.3 is 10.5 Å².